The van der Waals surface area contributed by atoms with E-state index in [-0.39, 0.29) is 18.1 Å². The number of halogens is 1. The van der Waals surface area contributed by atoms with E-state index < -0.39 is 11.9 Å². The highest BCUT2D eigenvalue weighted by molar-refractivity contribution is 5.31. The Hall–Kier alpha value is -2.07. The molecule has 0 fully saturated rings. The lowest BCUT2D eigenvalue weighted by atomic mass is 10.1. The summed E-state index contributed by atoms with van der Waals surface area (Å²) in [5, 5.41) is 18.6. The first-order valence-corrected chi connectivity index (χ1v) is 5.94. The average Bonchev–Trinajstić information content (AvgIpc) is 2.37. The van der Waals surface area contributed by atoms with Crippen LogP contribution in [-0.4, -0.2) is 10.2 Å². The molecule has 2 aromatic carbocycles. The summed E-state index contributed by atoms with van der Waals surface area (Å²) in [6.07, 6.45) is -0.713. The van der Waals surface area contributed by atoms with Crippen LogP contribution in [0, 0.1) is 5.82 Å². The van der Waals surface area contributed by atoms with Crippen LogP contribution in [0.15, 0.2) is 42.5 Å². The van der Waals surface area contributed by atoms with Gasteiger partial charge >= 0.3 is 0 Å². The molecule has 0 spiro atoms. The van der Waals surface area contributed by atoms with E-state index in [1.807, 2.05) is 0 Å². The van der Waals surface area contributed by atoms with Gasteiger partial charge in [-0.2, -0.15) is 0 Å². The largest absolute Gasteiger partial charge is 0.508 e. The molecular weight excluding hydrogens is 247 g/mol. The molecule has 100 valence electrons. The van der Waals surface area contributed by atoms with Crippen LogP contribution in [0.1, 0.15) is 24.2 Å². The number of aliphatic hydroxyl groups excluding tert-OH is 1. The molecule has 0 aliphatic heterocycles. The lowest BCUT2D eigenvalue weighted by molar-refractivity contribution is 0.198. The second kappa shape index (κ2) is 5.71. The van der Waals surface area contributed by atoms with Crippen molar-refractivity contribution < 1.29 is 19.3 Å². The number of benzene rings is 2. The van der Waals surface area contributed by atoms with Crippen molar-refractivity contribution in [2.45, 2.75) is 19.6 Å². The lowest BCUT2D eigenvalue weighted by Crippen LogP contribution is -1.99. The van der Waals surface area contributed by atoms with Crippen LogP contribution in [0.25, 0.3) is 0 Å². The van der Waals surface area contributed by atoms with Crippen molar-refractivity contribution in [3.8, 4) is 11.5 Å². The fourth-order valence-electron chi connectivity index (χ4n) is 1.70. The third-order valence-corrected chi connectivity index (χ3v) is 2.74. The summed E-state index contributed by atoms with van der Waals surface area (Å²) in [5.41, 5.74) is 1.25. The Kier molecular flexibility index (Phi) is 4.02. The molecule has 0 radical (unpaired) electrons. The van der Waals surface area contributed by atoms with Crippen LogP contribution in [0.3, 0.4) is 0 Å². The van der Waals surface area contributed by atoms with E-state index >= 15 is 0 Å². The summed E-state index contributed by atoms with van der Waals surface area (Å²) in [6, 6.07) is 10.9. The molecule has 2 N–H and O–H groups in total. The van der Waals surface area contributed by atoms with Gasteiger partial charge in [-0.15, -0.1) is 0 Å². The Morgan fingerprint density at radius 3 is 2.63 bits per heavy atom. The smallest absolute Gasteiger partial charge is 0.165 e. The fraction of sp³-hybridized carbons (Fsp3) is 0.200. The van der Waals surface area contributed by atoms with Crippen molar-refractivity contribution in [1.29, 1.82) is 0 Å². The molecule has 0 bridgehead atoms. The molecule has 0 aromatic heterocycles. The van der Waals surface area contributed by atoms with Crippen molar-refractivity contribution in [2.75, 3.05) is 0 Å². The average molecular weight is 262 g/mol. The van der Waals surface area contributed by atoms with Gasteiger partial charge in [-0.1, -0.05) is 18.2 Å². The predicted octanol–water partition coefficient (Wildman–Crippen LogP) is 3.16. The van der Waals surface area contributed by atoms with Crippen LogP contribution >= 0.6 is 0 Å². The Labute approximate surface area is 110 Å². The summed E-state index contributed by atoms with van der Waals surface area (Å²) < 4.78 is 19.1. The lowest BCUT2D eigenvalue weighted by Gasteiger charge is -2.10. The minimum atomic E-state index is -0.713. The minimum Gasteiger partial charge on any atom is -0.508 e. The highest BCUT2D eigenvalue weighted by atomic mass is 19.1. The fourth-order valence-corrected chi connectivity index (χ4v) is 1.70. The second-order valence-electron chi connectivity index (χ2n) is 4.32. The monoisotopic (exact) mass is 262 g/mol. The molecule has 2 rings (SSSR count). The molecule has 1 unspecified atom stereocenters. The molecule has 2 aromatic rings. The first-order chi connectivity index (χ1) is 9.06. The number of hydrogen-bond acceptors (Lipinski definition) is 3. The highest BCUT2D eigenvalue weighted by Gasteiger charge is 2.08. The number of phenolic OH excluding ortho intramolecular Hbond substituents is 1. The van der Waals surface area contributed by atoms with E-state index in [0.29, 0.717) is 5.56 Å². The SMILES string of the molecule is CC(O)c1ccc(OCc2cccc(O)c2)c(F)c1. The second-order valence-corrected chi connectivity index (χ2v) is 4.32. The van der Waals surface area contributed by atoms with Gasteiger partial charge in [-0.3, -0.25) is 0 Å². The van der Waals surface area contributed by atoms with E-state index in [2.05, 4.69) is 0 Å². The summed E-state index contributed by atoms with van der Waals surface area (Å²) in [7, 11) is 0. The number of phenols is 1. The predicted molar refractivity (Wildman–Crippen MR) is 69.5 cm³/mol. The molecule has 19 heavy (non-hydrogen) atoms. The van der Waals surface area contributed by atoms with Crippen LogP contribution in [-0.2, 0) is 6.61 Å². The number of aliphatic hydroxyl groups is 1. The van der Waals surface area contributed by atoms with Crippen LogP contribution in [0.4, 0.5) is 4.39 Å². The summed E-state index contributed by atoms with van der Waals surface area (Å²) in [6.45, 7) is 1.74. The molecule has 0 saturated carbocycles. The van der Waals surface area contributed by atoms with Crippen molar-refractivity contribution in [2.24, 2.45) is 0 Å². The van der Waals surface area contributed by atoms with Gasteiger partial charge in [0.1, 0.15) is 12.4 Å². The van der Waals surface area contributed by atoms with E-state index in [1.54, 1.807) is 37.3 Å². The van der Waals surface area contributed by atoms with Crippen molar-refractivity contribution in [1.82, 2.24) is 0 Å². The van der Waals surface area contributed by atoms with Crippen LogP contribution < -0.4 is 4.74 Å². The molecule has 0 aliphatic rings. The Morgan fingerprint density at radius 1 is 1.21 bits per heavy atom. The van der Waals surface area contributed by atoms with Gasteiger partial charge in [-0.25, -0.2) is 4.39 Å². The van der Waals surface area contributed by atoms with E-state index in [1.165, 1.54) is 12.1 Å². The third-order valence-electron chi connectivity index (χ3n) is 2.74. The molecule has 0 saturated heterocycles. The molecule has 0 heterocycles. The van der Waals surface area contributed by atoms with Gasteiger partial charge in [0.05, 0.1) is 6.10 Å². The molecule has 0 aliphatic carbocycles. The van der Waals surface area contributed by atoms with Gasteiger partial charge in [0, 0.05) is 0 Å². The summed E-state index contributed by atoms with van der Waals surface area (Å²) in [5.74, 6) is -0.252. The Morgan fingerprint density at radius 2 is 2.00 bits per heavy atom. The van der Waals surface area contributed by atoms with Crippen molar-refractivity contribution >= 4 is 0 Å². The summed E-state index contributed by atoms with van der Waals surface area (Å²) >= 11 is 0. The van der Waals surface area contributed by atoms with Crippen LogP contribution in [0.5, 0.6) is 11.5 Å². The van der Waals surface area contributed by atoms with E-state index in [4.69, 9.17) is 4.74 Å². The molecule has 0 amide bonds. The molecule has 1 atom stereocenters. The van der Waals surface area contributed by atoms with E-state index in [9.17, 15) is 14.6 Å². The number of ether oxygens (including phenoxy) is 1. The van der Waals surface area contributed by atoms with Crippen LogP contribution in [0.2, 0.25) is 0 Å². The van der Waals surface area contributed by atoms with Gasteiger partial charge in [0.15, 0.2) is 11.6 Å². The maximum Gasteiger partial charge on any atom is 0.165 e. The summed E-state index contributed by atoms with van der Waals surface area (Å²) in [4.78, 5) is 0. The Balaban J connectivity index is 2.07. The number of aromatic hydroxyl groups is 1. The van der Waals surface area contributed by atoms with Gasteiger partial charge in [0.25, 0.3) is 0 Å². The third kappa shape index (κ3) is 3.45. The van der Waals surface area contributed by atoms with Gasteiger partial charge < -0.3 is 14.9 Å². The van der Waals surface area contributed by atoms with Crippen molar-refractivity contribution in [3.05, 3.63) is 59.4 Å². The quantitative estimate of drug-likeness (QED) is 0.889. The van der Waals surface area contributed by atoms with Gasteiger partial charge in [0.2, 0.25) is 0 Å². The standard InChI is InChI=1S/C15H15FO3/c1-10(17)12-5-6-15(14(16)8-12)19-9-11-3-2-4-13(18)7-11/h2-8,10,17-18H,9H2,1H3. The number of hydrogen-bond donors (Lipinski definition) is 2. The first-order valence-electron chi connectivity index (χ1n) is 5.94. The highest BCUT2D eigenvalue weighted by Crippen LogP contribution is 2.23. The number of rotatable bonds is 4. The zero-order valence-electron chi connectivity index (χ0n) is 10.5. The maximum absolute atomic E-state index is 13.7. The zero-order chi connectivity index (χ0) is 13.8. The minimum absolute atomic E-state index is 0.118. The van der Waals surface area contributed by atoms with Crippen molar-refractivity contribution in [3.63, 3.8) is 0 Å². The Bertz CT molecular complexity index is 567. The first kappa shape index (κ1) is 13.4. The maximum atomic E-state index is 13.7. The molecule has 4 heteroatoms. The van der Waals surface area contributed by atoms with E-state index in [0.717, 1.165) is 5.56 Å². The molecular formula is C15H15FO3. The topological polar surface area (TPSA) is 49.7 Å². The normalized spacial score (nSPS) is 12.2. The van der Waals surface area contributed by atoms with Gasteiger partial charge in [-0.05, 0) is 42.3 Å². The zero-order valence-corrected chi connectivity index (χ0v) is 10.5. The molecule has 3 nitrogen and oxygen atoms in total.